The van der Waals surface area contributed by atoms with Crippen LogP contribution in [0, 0.1) is 19.7 Å². The van der Waals surface area contributed by atoms with Crippen molar-refractivity contribution in [3.8, 4) is 40.2 Å². The SMILES string of the molecule is CC(=O)O.COC(=O)c1cc(I)c(OC)cc1N.COC(=O)c1ccc(OC)cc1N.COc1cc2nc[nH]c(=O)c2cc1I.COc1cc2ncnc(Cl)c2cc1I.COc1cc2ncnc(Nc3ccc4scnc4c3)c2cc1I.COc1cc2ncnc(Nc3ccc4scnc4c3)c2cc1SC(C)(C)C.COc1ccc(C(=O)O)c(N)c1.ClI.N=CN.Nc1ccc2scnc2c1. The summed E-state index contributed by atoms with van der Waals surface area (Å²) in [4.78, 5) is 99.4. The lowest BCUT2D eigenvalue weighted by molar-refractivity contribution is -0.134. The number of methoxy groups -OCH3 is 9. The Labute approximate surface area is 872 Å². The van der Waals surface area contributed by atoms with Crippen LogP contribution in [0.3, 0.4) is 0 Å². The Bertz CT molecular complexity index is 7050. The molecule has 0 unspecified atom stereocenters. The second kappa shape index (κ2) is 55.5. The summed E-state index contributed by atoms with van der Waals surface area (Å²) in [5, 5.41) is 32.5. The number of hydrogen-bond donors (Lipinski definition) is 11. The van der Waals surface area contributed by atoms with Gasteiger partial charge in [0.15, 0.2) is 0 Å². The van der Waals surface area contributed by atoms with Gasteiger partial charge in [-0.2, -0.15) is 0 Å². The second-order valence-electron chi connectivity index (χ2n) is 27.4. The van der Waals surface area contributed by atoms with Crippen LogP contribution >= 0.6 is 178 Å². The van der Waals surface area contributed by atoms with Crippen molar-refractivity contribution in [3.05, 3.63) is 240 Å². The van der Waals surface area contributed by atoms with Gasteiger partial charge in [-0.25, -0.2) is 64.2 Å². The number of nitrogens with one attached hydrogen (secondary N) is 4. The van der Waals surface area contributed by atoms with E-state index in [1.54, 1.807) is 164 Å². The Balaban J connectivity index is 0.000000213. The number of carbonyl (C=O) groups is 4. The summed E-state index contributed by atoms with van der Waals surface area (Å²) in [6, 6.07) is 45.8. The number of benzene rings is 10. The van der Waals surface area contributed by atoms with Gasteiger partial charge in [0.2, 0.25) is 0 Å². The van der Waals surface area contributed by atoms with E-state index in [1.165, 1.54) is 67.3 Å². The number of nitrogens with two attached hydrogens (primary N) is 5. The minimum absolute atomic E-state index is 0.0693. The minimum atomic E-state index is -1.03. The minimum Gasteiger partial charge on any atom is -0.497 e. The molecule has 0 aliphatic rings. The number of nitrogen functional groups attached to an aromatic ring is 4. The number of ether oxygens (including phenoxy) is 9. The molecule has 0 amide bonds. The zero-order chi connectivity index (χ0) is 100. The van der Waals surface area contributed by atoms with Gasteiger partial charge < -0.3 is 97.1 Å². The second-order valence-corrected chi connectivity index (χ2v) is 37.0. The third kappa shape index (κ3) is 32.8. The van der Waals surface area contributed by atoms with Crippen molar-refractivity contribution in [2.45, 2.75) is 37.3 Å². The number of hydrogen-bond acceptors (Lipinski definition) is 35. The van der Waals surface area contributed by atoms with E-state index >= 15 is 0 Å². The van der Waals surface area contributed by atoms with Crippen molar-refractivity contribution < 1.29 is 72.0 Å². The number of halogens is 7. The molecule has 0 saturated heterocycles. The molecule has 0 aliphatic carbocycles. The van der Waals surface area contributed by atoms with Crippen LogP contribution in [0.15, 0.2) is 203 Å². The van der Waals surface area contributed by atoms with Crippen LogP contribution in [0.4, 0.5) is 45.8 Å². The summed E-state index contributed by atoms with van der Waals surface area (Å²) >= 11 is 22.8. The summed E-state index contributed by atoms with van der Waals surface area (Å²) in [7, 11) is 18.4. The smallest absolute Gasteiger partial charge is 0.339 e. The fourth-order valence-electron chi connectivity index (χ4n) is 11.3. The number of fused-ring (bicyclic) bond motifs is 7. The first-order chi connectivity index (χ1) is 65.0. The topological polar surface area (TPSA) is 532 Å². The fourth-order valence-corrected chi connectivity index (χ4v) is 17.3. The molecule has 7 aromatic heterocycles. The molecule has 10 aromatic carbocycles. The monoisotopic (exact) mass is 2520 g/mol. The number of anilines is 8. The lowest BCUT2D eigenvalue weighted by Crippen LogP contribution is -2.07. The highest BCUT2D eigenvalue weighted by molar-refractivity contribution is 14.1. The number of nitrogens with zero attached hydrogens (tertiary/aromatic N) is 10. The molecule has 0 fully saturated rings. The maximum Gasteiger partial charge on any atom is 0.339 e. The normalized spacial score (nSPS) is 10.2. The highest BCUT2D eigenvalue weighted by Crippen LogP contribution is 2.42. The van der Waals surface area contributed by atoms with Crippen molar-refractivity contribution in [2.24, 2.45) is 5.73 Å². The highest BCUT2D eigenvalue weighted by Gasteiger charge is 2.21. The Morgan fingerprint density at radius 2 is 0.824 bits per heavy atom. The molecule has 0 spiro atoms. The quantitative estimate of drug-likeness (QED) is 0.00863. The van der Waals surface area contributed by atoms with Crippen LogP contribution in [0.5, 0.6) is 40.2 Å². The number of aromatic nitrogens is 11. The zero-order valence-corrected chi connectivity index (χ0v) is 89.9. The maximum atomic E-state index is 11.4. The molecule has 0 aliphatic heterocycles. The first-order valence-corrected chi connectivity index (χ1v) is 49.5. The number of thiazole rings is 3. The number of carboxylic acids is 2. The van der Waals surface area contributed by atoms with Gasteiger partial charge in [-0.15, -0.1) is 45.8 Å². The predicted molar refractivity (Wildman–Crippen MR) is 587 cm³/mol. The number of aromatic carboxylic acids is 1. The molecule has 7 heterocycles. The molecule has 16 N–H and O–H groups in total. The van der Waals surface area contributed by atoms with E-state index in [2.05, 4.69) is 219 Å². The number of carbonyl (C=O) groups excluding carboxylic acids is 2. The standard InChI is InChI=1S/C20H20N4OS2.C16H11IN4OS.C9H6ClIN2O.C9H7IN2O2.C9H10INO3.C9H11NO3.C8H9NO3.C7H6N2S.C2H4O2.CH4N2.ClI/c1-20(2,3)27-18-8-13-14(9-16(18)25-4)21-10-22-19(13)24-12-5-6-17-15(7-12)23-11-26-17;1-22-14-6-12-10(5-11(14)17)16(19-7-18-12)21-9-2-3-15-13(4-9)20-8-23-15;1-14-8-3-7-5(2-6(8)11)9(10)13-4-12-7;1-14-8-3-7-5(2-6(8)10)9(13)12-4-11-7;1-13-8-4-7(11)5(3-6(8)10)9(12)14-2;1-12-6-3-4-7(8(10)5-6)9(11)13-2;1-12-5-2-3-6(8(10)11)7(9)4-5;8-5-1-2-7-6(3-5)9-4-10-7;1-2(3)4;2-1-3;1-2/h5-11H,1-4H3,(H,21,22,24);2-8H,1H3,(H,18,19,21);2-4H,1H3;2-4H,1H3,(H,11,12,13);3-4H,11H2,1-2H3;3-5H,10H2,1-2H3;2-4H,9H2,1H3,(H,10,11);1-4H,8H2;1H3,(H,3,4);1H,(H3,2,3);. The van der Waals surface area contributed by atoms with E-state index in [9.17, 15) is 19.2 Å². The highest BCUT2D eigenvalue weighted by atomic mass is 127. The molecule has 17 rings (SSSR count). The van der Waals surface area contributed by atoms with E-state index < -0.39 is 23.9 Å². The number of rotatable bonds is 15. The lowest BCUT2D eigenvalue weighted by Gasteiger charge is -2.20. The lowest BCUT2D eigenvalue weighted by atomic mass is 10.2. The Morgan fingerprint density at radius 3 is 1.26 bits per heavy atom. The van der Waals surface area contributed by atoms with E-state index in [4.69, 9.17) is 88.1 Å². The van der Waals surface area contributed by atoms with Gasteiger partial charge in [0, 0.05) is 126 Å². The summed E-state index contributed by atoms with van der Waals surface area (Å²) in [6.07, 6.45) is 6.70. The van der Waals surface area contributed by atoms with E-state index in [0.717, 1.165) is 133 Å². The molecule has 0 atom stereocenters. The van der Waals surface area contributed by atoms with Crippen LogP contribution in [0.2, 0.25) is 5.15 Å². The summed E-state index contributed by atoms with van der Waals surface area (Å²) in [5.41, 5.74) is 42.5. The molecule has 0 bridgehead atoms. The first kappa shape index (κ1) is 111. The Morgan fingerprint density at radius 1 is 0.449 bits per heavy atom. The van der Waals surface area contributed by atoms with Crippen LogP contribution in [0.25, 0.3) is 74.3 Å². The van der Waals surface area contributed by atoms with E-state index in [1.807, 2.05) is 89.3 Å². The van der Waals surface area contributed by atoms with E-state index in [-0.39, 0.29) is 21.6 Å². The molecule has 46 heteroatoms. The summed E-state index contributed by atoms with van der Waals surface area (Å²) in [5.74, 6) is 3.78. The maximum absolute atomic E-state index is 11.4. The van der Waals surface area contributed by atoms with Gasteiger partial charge in [0.1, 0.15) is 76.0 Å². The number of aliphatic carboxylic acids is 1. The average Bonchev–Trinajstić information content (AvgIpc) is 0.980. The Kier molecular flexibility index (Phi) is 45.5. The fraction of sp³-hybridized carbons (Fsp3) is 0.156. The van der Waals surface area contributed by atoms with Crippen molar-refractivity contribution in [3.63, 3.8) is 0 Å². The third-order valence-corrected chi connectivity index (χ3v) is 24.7. The van der Waals surface area contributed by atoms with Crippen molar-refractivity contribution in [1.29, 1.82) is 5.41 Å². The number of H-pyrrole nitrogens is 1. The first-order valence-electron chi connectivity index (χ1n) is 38.6. The van der Waals surface area contributed by atoms with Gasteiger partial charge in [0.05, 0.1) is 187 Å². The number of aromatic amines is 1. The molecule has 712 valence electrons. The molecule has 17 aromatic rings. The molecular weight excluding hydrogens is 2440 g/mol. The summed E-state index contributed by atoms with van der Waals surface area (Å²) < 4.78 is 52.5. The van der Waals surface area contributed by atoms with Gasteiger partial charge in [0.25, 0.3) is 11.5 Å². The van der Waals surface area contributed by atoms with Crippen molar-refractivity contribution >= 4 is 328 Å². The third-order valence-electron chi connectivity index (χ3n) is 17.4. The molecule has 136 heavy (non-hydrogen) atoms. The number of carboxylic acid groups (broad SMARTS) is 2. The van der Waals surface area contributed by atoms with E-state index in [0.29, 0.717) is 55.8 Å². The van der Waals surface area contributed by atoms with Crippen molar-refractivity contribution in [1.82, 2.24) is 54.8 Å². The zero-order valence-electron chi connectivity index (χ0n) is 74.3. The average molecular weight is 2530 g/mol. The number of esters is 2. The van der Waals surface area contributed by atoms with Crippen LogP contribution < -0.4 is 78.0 Å². The number of thioether (sulfide) groups is 1. The molecular formula is C90H88Cl2I5N19O16S4. The summed E-state index contributed by atoms with van der Waals surface area (Å²) in [6.45, 7) is 7.64. The van der Waals surface area contributed by atoms with Gasteiger partial charge in [-0.05, 0) is 208 Å². The molecule has 35 nitrogen and oxygen atoms in total. The van der Waals surface area contributed by atoms with Gasteiger partial charge >= 0.3 is 17.9 Å². The van der Waals surface area contributed by atoms with Crippen molar-refractivity contribution in [2.75, 3.05) is 97.6 Å². The van der Waals surface area contributed by atoms with Crippen LogP contribution in [-0.4, -0.2) is 164 Å². The predicted octanol–water partition coefficient (Wildman–Crippen LogP) is 21.7. The molecule has 0 radical (unpaired) electrons. The Hall–Kier alpha value is -11.6. The van der Waals surface area contributed by atoms with Gasteiger partial charge in [-0.1, -0.05) is 32.4 Å². The van der Waals surface area contributed by atoms with Crippen LogP contribution in [-0.2, 0) is 14.3 Å². The largest absolute Gasteiger partial charge is 0.497 e. The van der Waals surface area contributed by atoms with Gasteiger partial charge in [-0.3, -0.25) is 15.0 Å². The van der Waals surface area contributed by atoms with Crippen LogP contribution in [0.1, 0.15) is 58.8 Å². The molecule has 0 saturated carbocycles.